The molecule has 35 heavy (non-hydrogen) atoms. The van der Waals surface area contributed by atoms with Gasteiger partial charge in [0.15, 0.2) is 0 Å². The van der Waals surface area contributed by atoms with Crippen LogP contribution in [0.4, 0.5) is 0 Å². The van der Waals surface area contributed by atoms with E-state index in [1.165, 1.54) is 0 Å². The monoisotopic (exact) mass is 472 g/mol. The highest BCUT2D eigenvalue weighted by Crippen LogP contribution is 2.41. The Morgan fingerprint density at radius 3 is 2.66 bits per heavy atom. The van der Waals surface area contributed by atoms with Gasteiger partial charge in [-0.05, 0) is 58.2 Å². The molecule has 0 saturated carbocycles. The van der Waals surface area contributed by atoms with Gasteiger partial charge in [0.05, 0.1) is 41.6 Å². The lowest BCUT2D eigenvalue weighted by Crippen LogP contribution is -2.20. The number of allylic oxidation sites excluding steroid dienone is 3. The number of nitrogens with zero attached hydrogens (tertiary/aromatic N) is 4. The zero-order valence-electron chi connectivity index (χ0n) is 21.1. The van der Waals surface area contributed by atoms with Crippen LogP contribution in [0.5, 0.6) is 5.75 Å². The van der Waals surface area contributed by atoms with E-state index in [2.05, 4.69) is 41.4 Å². The summed E-state index contributed by atoms with van der Waals surface area (Å²) < 4.78 is 19.3. The summed E-state index contributed by atoms with van der Waals surface area (Å²) in [6.45, 7) is 13.9. The third-order valence-electron chi connectivity index (χ3n) is 7.06. The Morgan fingerprint density at radius 1 is 1.23 bits per heavy atom. The number of aryl methyl sites for hydroxylation is 2. The molecule has 5 rings (SSSR count). The van der Waals surface area contributed by atoms with Crippen LogP contribution >= 0.6 is 0 Å². The van der Waals surface area contributed by atoms with Crippen molar-refractivity contribution in [3.63, 3.8) is 0 Å². The lowest BCUT2D eigenvalue weighted by molar-refractivity contribution is 0.0828. The van der Waals surface area contributed by atoms with Crippen molar-refractivity contribution < 1.29 is 14.0 Å². The van der Waals surface area contributed by atoms with Gasteiger partial charge >= 0.3 is 0 Å². The van der Waals surface area contributed by atoms with Crippen LogP contribution in [-0.2, 0) is 4.74 Å². The van der Waals surface area contributed by atoms with Crippen LogP contribution in [0.2, 0.25) is 0 Å². The largest absolute Gasteiger partial charge is 0.496 e. The number of rotatable bonds is 6. The Hall–Kier alpha value is -3.45. The minimum atomic E-state index is 0.0351. The fourth-order valence-electron chi connectivity index (χ4n) is 5.21. The highest BCUT2D eigenvalue weighted by Gasteiger charge is 2.27. The molecule has 1 aromatic carbocycles. The number of hydrogen-bond donors (Lipinski definition) is 0. The van der Waals surface area contributed by atoms with E-state index in [4.69, 9.17) is 24.0 Å². The van der Waals surface area contributed by atoms with Crippen LogP contribution in [0.25, 0.3) is 33.1 Å². The van der Waals surface area contributed by atoms with Gasteiger partial charge in [0.1, 0.15) is 22.9 Å². The first-order valence-corrected chi connectivity index (χ1v) is 12.2. The van der Waals surface area contributed by atoms with Gasteiger partial charge in [0.2, 0.25) is 0 Å². The standard InChI is InChI=1S/C28H32N4O3/c1-7-8-16(2)18(4)32-27-21-14-25(33-6)22(26-17(3)31-35-19(26)5)13-23(21)29-15-24(27)30-28(32)20-9-11-34-12-10-20/h7-8,13-15,18,20H,2,9-12H2,1,3-6H3/b8-7-/t18-/m1/s1. The van der Waals surface area contributed by atoms with Crippen molar-refractivity contribution in [1.29, 1.82) is 0 Å². The van der Waals surface area contributed by atoms with Crippen LogP contribution in [0.1, 0.15) is 55.9 Å². The first kappa shape index (κ1) is 23.3. The summed E-state index contributed by atoms with van der Waals surface area (Å²) in [5.41, 5.74) is 6.53. The second-order valence-electron chi connectivity index (χ2n) is 9.24. The molecule has 0 aliphatic carbocycles. The molecule has 1 aliphatic heterocycles. The lowest BCUT2D eigenvalue weighted by Gasteiger charge is -2.26. The van der Waals surface area contributed by atoms with Crippen molar-refractivity contribution >= 4 is 21.9 Å². The molecule has 0 radical (unpaired) electrons. The molecule has 4 aromatic rings. The fourth-order valence-corrected chi connectivity index (χ4v) is 5.21. The van der Waals surface area contributed by atoms with Gasteiger partial charge in [-0.25, -0.2) is 4.98 Å². The third kappa shape index (κ3) is 3.93. The average molecular weight is 473 g/mol. The number of pyridine rings is 1. The highest BCUT2D eigenvalue weighted by molar-refractivity contribution is 6.05. The van der Waals surface area contributed by atoms with E-state index in [0.29, 0.717) is 5.92 Å². The molecule has 0 bridgehead atoms. The molecule has 0 N–H and O–H groups in total. The summed E-state index contributed by atoms with van der Waals surface area (Å²) in [5, 5.41) is 5.14. The minimum absolute atomic E-state index is 0.0351. The quantitative estimate of drug-likeness (QED) is 0.300. The Bertz CT molecular complexity index is 1420. The van der Waals surface area contributed by atoms with E-state index < -0.39 is 0 Å². The number of benzene rings is 1. The van der Waals surface area contributed by atoms with Crippen molar-refractivity contribution in [3.8, 4) is 16.9 Å². The van der Waals surface area contributed by atoms with Crippen LogP contribution in [0, 0.1) is 13.8 Å². The Kier molecular flexibility index (Phi) is 6.19. The van der Waals surface area contributed by atoms with Crippen molar-refractivity contribution in [3.05, 3.63) is 59.9 Å². The number of fused-ring (bicyclic) bond motifs is 3. The Balaban J connectivity index is 1.80. The first-order valence-electron chi connectivity index (χ1n) is 12.2. The highest BCUT2D eigenvalue weighted by atomic mass is 16.5. The maximum Gasteiger partial charge on any atom is 0.141 e. The maximum absolute atomic E-state index is 5.87. The normalized spacial score (nSPS) is 15.9. The molecule has 0 spiro atoms. The minimum Gasteiger partial charge on any atom is -0.496 e. The number of ether oxygens (including phenoxy) is 2. The summed E-state index contributed by atoms with van der Waals surface area (Å²) in [5.74, 6) is 2.91. The zero-order chi connectivity index (χ0) is 24.7. The maximum atomic E-state index is 5.87. The van der Waals surface area contributed by atoms with Gasteiger partial charge in [-0.15, -0.1) is 0 Å². The van der Waals surface area contributed by atoms with Crippen molar-refractivity contribution in [2.75, 3.05) is 20.3 Å². The van der Waals surface area contributed by atoms with E-state index in [1.807, 2.05) is 33.0 Å². The molecular weight excluding hydrogens is 440 g/mol. The predicted molar refractivity (Wildman–Crippen MR) is 138 cm³/mol. The van der Waals surface area contributed by atoms with Gasteiger partial charge < -0.3 is 18.6 Å². The topological polar surface area (TPSA) is 75.2 Å². The molecule has 0 amide bonds. The fraction of sp³-hybridized carbons (Fsp3) is 0.393. The predicted octanol–water partition coefficient (Wildman–Crippen LogP) is 6.45. The third-order valence-corrected chi connectivity index (χ3v) is 7.06. The number of imidazole rings is 1. The van der Waals surface area contributed by atoms with Gasteiger partial charge in [-0.2, -0.15) is 0 Å². The molecular formula is C28H32N4O3. The van der Waals surface area contributed by atoms with E-state index in [1.54, 1.807) is 7.11 Å². The van der Waals surface area contributed by atoms with Crippen molar-refractivity contribution in [2.24, 2.45) is 0 Å². The lowest BCUT2D eigenvalue weighted by atomic mass is 9.98. The zero-order valence-corrected chi connectivity index (χ0v) is 21.1. The number of aromatic nitrogens is 4. The summed E-state index contributed by atoms with van der Waals surface area (Å²) in [7, 11) is 1.69. The second kappa shape index (κ2) is 9.30. The number of hydrogen-bond acceptors (Lipinski definition) is 6. The van der Waals surface area contributed by atoms with Gasteiger partial charge in [-0.1, -0.05) is 23.9 Å². The Morgan fingerprint density at radius 2 is 2.00 bits per heavy atom. The smallest absolute Gasteiger partial charge is 0.141 e. The molecule has 1 atom stereocenters. The average Bonchev–Trinajstić information content (AvgIpc) is 3.43. The molecule has 7 nitrogen and oxygen atoms in total. The van der Waals surface area contributed by atoms with E-state index >= 15 is 0 Å². The van der Waals surface area contributed by atoms with Gasteiger partial charge in [0, 0.05) is 30.1 Å². The molecule has 182 valence electrons. The molecule has 1 fully saturated rings. The number of methoxy groups -OCH3 is 1. The van der Waals surface area contributed by atoms with E-state index in [-0.39, 0.29) is 6.04 Å². The molecule has 3 aromatic heterocycles. The second-order valence-corrected chi connectivity index (χ2v) is 9.24. The van der Waals surface area contributed by atoms with Crippen LogP contribution in [0.3, 0.4) is 0 Å². The molecule has 7 heteroatoms. The molecule has 0 unspecified atom stereocenters. The van der Waals surface area contributed by atoms with Gasteiger partial charge in [-0.3, -0.25) is 4.98 Å². The SMILES string of the molecule is C=C(/C=C\C)[C@@H](C)n1c(C2CCOCC2)nc2cnc3cc(-c4c(C)noc4C)c(OC)cc3c21. The summed E-state index contributed by atoms with van der Waals surface area (Å²) in [6, 6.07) is 4.17. The summed E-state index contributed by atoms with van der Waals surface area (Å²) >= 11 is 0. The van der Waals surface area contributed by atoms with Crippen LogP contribution < -0.4 is 4.74 Å². The summed E-state index contributed by atoms with van der Waals surface area (Å²) in [6.07, 6.45) is 7.90. The van der Waals surface area contributed by atoms with Gasteiger partial charge in [0.25, 0.3) is 0 Å². The molecule has 1 saturated heterocycles. The Labute approximate surface area is 205 Å². The molecule has 4 heterocycles. The van der Waals surface area contributed by atoms with Crippen LogP contribution in [-0.4, -0.2) is 40.0 Å². The molecule has 1 aliphatic rings. The van der Waals surface area contributed by atoms with Crippen molar-refractivity contribution in [2.45, 2.75) is 52.5 Å². The van der Waals surface area contributed by atoms with E-state index in [9.17, 15) is 0 Å². The van der Waals surface area contributed by atoms with Crippen LogP contribution in [0.15, 0.2) is 47.2 Å². The summed E-state index contributed by atoms with van der Waals surface area (Å²) in [4.78, 5) is 9.93. The van der Waals surface area contributed by atoms with E-state index in [0.717, 1.165) is 87.7 Å². The van der Waals surface area contributed by atoms with Crippen molar-refractivity contribution in [1.82, 2.24) is 19.7 Å². The first-order chi connectivity index (χ1) is 16.9.